The van der Waals surface area contributed by atoms with Crippen molar-refractivity contribution in [3.63, 3.8) is 0 Å². The highest BCUT2D eigenvalue weighted by molar-refractivity contribution is 4.79. The molecule has 0 radical (unpaired) electrons. The van der Waals surface area contributed by atoms with Crippen LogP contribution in [-0.4, -0.2) is 18.3 Å². The van der Waals surface area contributed by atoms with Gasteiger partial charge in [-0.05, 0) is 45.4 Å². The topological polar surface area (TPSA) is 12.0 Å². The molecule has 4 heteroatoms. The molecule has 0 saturated heterocycles. The molecular weight excluding hydrogens is 227 g/mol. The standard InChI is InChI=1S/C13H24F3N/c1-10(6-5-9-13(14,15)16)17-11(2)12-7-3-4-8-12/h10-12,17H,3-9H2,1-2H3/t10?,11-/m1/s1. The molecular formula is C13H24F3N. The summed E-state index contributed by atoms with van der Waals surface area (Å²) in [5.74, 6) is 0.722. The van der Waals surface area contributed by atoms with Crippen LogP contribution >= 0.6 is 0 Å². The van der Waals surface area contributed by atoms with Crippen molar-refractivity contribution >= 4 is 0 Å². The Bertz CT molecular complexity index is 209. The molecule has 1 saturated carbocycles. The molecule has 102 valence electrons. The second-order valence-corrected chi connectivity index (χ2v) is 5.41. The molecule has 0 aromatic rings. The second kappa shape index (κ2) is 6.62. The van der Waals surface area contributed by atoms with Crippen molar-refractivity contribution in [2.45, 2.75) is 77.1 Å². The maximum absolute atomic E-state index is 12.0. The van der Waals surface area contributed by atoms with Gasteiger partial charge in [0.15, 0.2) is 0 Å². The first-order valence-electron chi connectivity index (χ1n) is 6.71. The Morgan fingerprint density at radius 1 is 1.18 bits per heavy atom. The van der Waals surface area contributed by atoms with Crippen LogP contribution in [0.15, 0.2) is 0 Å². The molecule has 17 heavy (non-hydrogen) atoms. The third kappa shape index (κ3) is 6.29. The van der Waals surface area contributed by atoms with Crippen molar-refractivity contribution < 1.29 is 13.2 Å². The molecule has 0 amide bonds. The van der Waals surface area contributed by atoms with Gasteiger partial charge in [-0.2, -0.15) is 13.2 Å². The molecule has 1 nitrogen and oxygen atoms in total. The van der Waals surface area contributed by atoms with Gasteiger partial charge in [0.05, 0.1) is 0 Å². The van der Waals surface area contributed by atoms with E-state index in [0.717, 1.165) is 5.92 Å². The predicted octanol–water partition coefficient (Wildman–Crippen LogP) is 4.28. The number of alkyl halides is 3. The summed E-state index contributed by atoms with van der Waals surface area (Å²) in [5.41, 5.74) is 0. The SMILES string of the molecule is CC(CCCC(F)(F)F)N[C@H](C)C1CCCC1. The summed E-state index contributed by atoms with van der Waals surface area (Å²) >= 11 is 0. The average Bonchev–Trinajstić information content (AvgIpc) is 2.67. The fraction of sp³-hybridized carbons (Fsp3) is 1.00. The maximum Gasteiger partial charge on any atom is 0.389 e. The van der Waals surface area contributed by atoms with Crippen molar-refractivity contribution in [3.8, 4) is 0 Å². The molecule has 1 aliphatic carbocycles. The molecule has 1 rings (SSSR count). The van der Waals surface area contributed by atoms with Gasteiger partial charge in [-0.25, -0.2) is 0 Å². The zero-order valence-corrected chi connectivity index (χ0v) is 10.8. The van der Waals surface area contributed by atoms with Gasteiger partial charge in [0, 0.05) is 18.5 Å². The summed E-state index contributed by atoms with van der Waals surface area (Å²) in [6, 6.07) is 0.631. The molecule has 1 N–H and O–H groups in total. The highest BCUT2D eigenvalue weighted by atomic mass is 19.4. The zero-order valence-electron chi connectivity index (χ0n) is 10.8. The van der Waals surface area contributed by atoms with Gasteiger partial charge in [0.1, 0.15) is 0 Å². The quantitative estimate of drug-likeness (QED) is 0.743. The Balaban J connectivity index is 2.13. The fourth-order valence-electron chi connectivity index (χ4n) is 2.73. The predicted molar refractivity (Wildman–Crippen MR) is 63.9 cm³/mol. The van der Waals surface area contributed by atoms with E-state index in [1.54, 1.807) is 0 Å². The lowest BCUT2D eigenvalue weighted by atomic mass is 9.98. The van der Waals surface area contributed by atoms with Crippen LogP contribution in [0.3, 0.4) is 0 Å². The monoisotopic (exact) mass is 251 g/mol. The minimum absolute atomic E-state index is 0.188. The molecule has 0 aromatic heterocycles. The largest absolute Gasteiger partial charge is 0.389 e. The molecule has 2 atom stereocenters. The number of nitrogens with one attached hydrogen (secondary N) is 1. The minimum atomic E-state index is -4.00. The smallest absolute Gasteiger partial charge is 0.312 e. The molecule has 0 aliphatic heterocycles. The number of rotatable bonds is 6. The Labute approximate surface area is 102 Å². The van der Waals surface area contributed by atoms with E-state index in [0.29, 0.717) is 12.5 Å². The van der Waals surface area contributed by atoms with E-state index in [2.05, 4.69) is 12.2 Å². The van der Waals surface area contributed by atoms with Gasteiger partial charge in [-0.3, -0.25) is 0 Å². The summed E-state index contributed by atoms with van der Waals surface area (Å²) in [6.07, 6.45) is 1.32. The molecule has 0 spiro atoms. The number of hydrogen-bond donors (Lipinski definition) is 1. The number of hydrogen-bond acceptors (Lipinski definition) is 1. The summed E-state index contributed by atoms with van der Waals surface area (Å²) in [7, 11) is 0. The lowest BCUT2D eigenvalue weighted by Crippen LogP contribution is -2.38. The Morgan fingerprint density at radius 2 is 1.76 bits per heavy atom. The van der Waals surface area contributed by atoms with Crippen molar-refractivity contribution in [2.75, 3.05) is 0 Å². The molecule has 1 unspecified atom stereocenters. The van der Waals surface area contributed by atoms with E-state index in [1.165, 1.54) is 25.7 Å². The molecule has 0 heterocycles. The van der Waals surface area contributed by atoms with Crippen molar-refractivity contribution in [3.05, 3.63) is 0 Å². The number of halogens is 3. The second-order valence-electron chi connectivity index (χ2n) is 5.41. The van der Waals surface area contributed by atoms with Gasteiger partial charge in [-0.15, -0.1) is 0 Å². The minimum Gasteiger partial charge on any atom is -0.312 e. The van der Waals surface area contributed by atoms with Crippen molar-refractivity contribution in [1.82, 2.24) is 5.32 Å². The highest BCUT2D eigenvalue weighted by Gasteiger charge is 2.27. The van der Waals surface area contributed by atoms with Gasteiger partial charge < -0.3 is 5.32 Å². The third-order valence-electron chi connectivity index (χ3n) is 3.75. The summed E-state index contributed by atoms with van der Waals surface area (Å²) in [6.45, 7) is 4.15. The zero-order chi connectivity index (χ0) is 12.9. The normalized spacial score (nSPS) is 21.7. The van der Waals surface area contributed by atoms with Crippen molar-refractivity contribution in [2.24, 2.45) is 5.92 Å². The van der Waals surface area contributed by atoms with Crippen LogP contribution in [0.4, 0.5) is 13.2 Å². The van der Waals surface area contributed by atoms with Crippen LogP contribution in [0.1, 0.15) is 58.8 Å². The first-order chi connectivity index (χ1) is 7.88. The first-order valence-corrected chi connectivity index (χ1v) is 6.71. The van der Waals surface area contributed by atoms with E-state index >= 15 is 0 Å². The lowest BCUT2D eigenvalue weighted by molar-refractivity contribution is -0.135. The molecule has 1 fully saturated rings. The van der Waals surface area contributed by atoms with Crippen LogP contribution in [0.2, 0.25) is 0 Å². The van der Waals surface area contributed by atoms with E-state index in [-0.39, 0.29) is 12.5 Å². The van der Waals surface area contributed by atoms with Gasteiger partial charge >= 0.3 is 6.18 Å². The van der Waals surface area contributed by atoms with E-state index in [9.17, 15) is 13.2 Å². The summed E-state index contributed by atoms with van der Waals surface area (Å²) in [4.78, 5) is 0. The van der Waals surface area contributed by atoms with Crippen LogP contribution in [-0.2, 0) is 0 Å². The van der Waals surface area contributed by atoms with Crippen LogP contribution < -0.4 is 5.32 Å². The lowest BCUT2D eigenvalue weighted by Gasteiger charge is -2.25. The van der Waals surface area contributed by atoms with Crippen LogP contribution in [0.25, 0.3) is 0 Å². The molecule has 0 aromatic carbocycles. The fourth-order valence-corrected chi connectivity index (χ4v) is 2.73. The Hall–Kier alpha value is -0.250. The highest BCUT2D eigenvalue weighted by Crippen LogP contribution is 2.28. The van der Waals surface area contributed by atoms with Gasteiger partial charge in [-0.1, -0.05) is 12.8 Å². The molecule has 1 aliphatic rings. The maximum atomic E-state index is 12.0. The van der Waals surface area contributed by atoms with Crippen LogP contribution in [0.5, 0.6) is 0 Å². The Kier molecular flexibility index (Phi) is 5.77. The molecule has 0 bridgehead atoms. The van der Waals surface area contributed by atoms with E-state index in [4.69, 9.17) is 0 Å². The van der Waals surface area contributed by atoms with Crippen LogP contribution in [0, 0.1) is 5.92 Å². The van der Waals surface area contributed by atoms with E-state index in [1.807, 2.05) is 6.92 Å². The average molecular weight is 251 g/mol. The van der Waals surface area contributed by atoms with Gasteiger partial charge in [0.25, 0.3) is 0 Å². The summed E-state index contributed by atoms with van der Waals surface area (Å²) < 4.78 is 36.0. The third-order valence-corrected chi connectivity index (χ3v) is 3.75. The first kappa shape index (κ1) is 14.8. The summed E-state index contributed by atoms with van der Waals surface area (Å²) in [5, 5.41) is 3.44. The van der Waals surface area contributed by atoms with Gasteiger partial charge in [0.2, 0.25) is 0 Å². The van der Waals surface area contributed by atoms with Crippen molar-refractivity contribution in [1.29, 1.82) is 0 Å². The Morgan fingerprint density at radius 3 is 2.29 bits per heavy atom. The van der Waals surface area contributed by atoms with E-state index < -0.39 is 12.6 Å².